The summed E-state index contributed by atoms with van der Waals surface area (Å²) in [6.45, 7) is 6.65. The smallest absolute Gasteiger partial charge is 0.342 e. The minimum atomic E-state index is -5.09. The van der Waals surface area contributed by atoms with Crippen LogP contribution >= 0.6 is 11.3 Å². The molecule has 15 heteroatoms. The van der Waals surface area contributed by atoms with E-state index >= 15 is 0 Å². The summed E-state index contributed by atoms with van der Waals surface area (Å²) in [7, 11) is 1.63. The van der Waals surface area contributed by atoms with Crippen LogP contribution in [0.3, 0.4) is 0 Å². The second kappa shape index (κ2) is 10.1. The van der Waals surface area contributed by atoms with Crippen LogP contribution in [0.1, 0.15) is 69.6 Å². The van der Waals surface area contributed by atoms with Gasteiger partial charge in [-0.3, -0.25) is 9.59 Å². The highest BCUT2D eigenvalue weighted by Gasteiger charge is 2.37. The third-order valence-corrected chi connectivity index (χ3v) is 6.26. The predicted octanol–water partition coefficient (Wildman–Crippen LogP) is 5.04. The van der Waals surface area contributed by atoms with Gasteiger partial charge < -0.3 is 10.2 Å². The number of hydrogen-bond acceptors (Lipinski definition) is 6. The number of alkyl halides is 6. The minimum absolute atomic E-state index is 0.0573. The van der Waals surface area contributed by atoms with E-state index in [1.165, 1.54) is 22.7 Å². The molecular formula is C22H22F6N6O2S. The van der Waals surface area contributed by atoms with Gasteiger partial charge in [0, 0.05) is 18.7 Å². The summed E-state index contributed by atoms with van der Waals surface area (Å²) >= 11 is 1.00. The fraction of sp³-hybridized carbons (Fsp3) is 0.409. The van der Waals surface area contributed by atoms with Crippen LogP contribution in [-0.4, -0.2) is 49.6 Å². The van der Waals surface area contributed by atoms with E-state index in [9.17, 15) is 35.9 Å². The van der Waals surface area contributed by atoms with E-state index < -0.39 is 41.0 Å². The molecule has 0 saturated heterocycles. The van der Waals surface area contributed by atoms with Crippen molar-refractivity contribution >= 4 is 23.2 Å². The molecule has 0 saturated carbocycles. The van der Waals surface area contributed by atoms with E-state index in [0.29, 0.717) is 17.0 Å². The van der Waals surface area contributed by atoms with Crippen molar-refractivity contribution in [2.75, 3.05) is 7.05 Å². The van der Waals surface area contributed by atoms with Gasteiger partial charge in [-0.2, -0.15) is 31.0 Å². The molecule has 37 heavy (non-hydrogen) atoms. The lowest BCUT2D eigenvalue weighted by atomic mass is 10.0. The maximum absolute atomic E-state index is 13.2. The molecule has 0 fully saturated rings. The largest absolute Gasteiger partial charge is 0.416 e. The predicted molar refractivity (Wildman–Crippen MR) is 121 cm³/mol. The summed E-state index contributed by atoms with van der Waals surface area (Å²) < 4.78 is 80.3. The maximum Gasteiger partial charge on any atom is 0.416 e. The Morgan fingerprint density at radius 2 is 1.59 bits per heavy atom. The molecule has 0 aliphatic rings. The molecule has 2 amide bonds. The lowest BCUT2D eigenvalue weighted by Crippen LogP contribution is -2.32. The molecule has 0 aliphatic carbocycles. The number of thiazole rings is 1. The third-order valence-electron chi connectivity index (χ3n) is 5.30. The number of aromatic nitrogens is 4. The molecule has 2 aromatic heterocycles. The molecule has 0 radical (unpaired) electrons. The summed E-state index contributed by atoms with van der Waals surface area (Å²) in [6, 6.07) is -0.433. The SMILES string of the molecule is Cc1nc([C@H](C)NC(=O)c2cc(C(F)(F)F)cc(C(F)(F)F)c2)n(-c2ncc(C(=O)N(C)C(C)C)s2)n1. The van der Waals surface area contributed by atoms with Gasteiger partial charge in [-0.1, -0.05) is 11.3 Å². The van der Waals surface area contributed by atoms with Crippen molar-refractivity contribution in [1.82, 2.24) is 30.0 Å². The van der Waals surface area contributed by atoms with Gasteiger partial charge >= 0.3 is 12.4 Å². The number of rotatable bonds is 6. The van der Waals surface area contributed by atoms with E-state index in [1.807, 2.05) is 13.8 Å². The average Bonchev–Trinajstić information content (AvgIpc) is 3.43. The summed E-state index contributed by atoms with van der Waals surface area (Å²) in [4.78, 5) is 35.5. The first kappa shape index (κ1) is 28.1. The number of aryl methyl sites for hydroxylation is 1. The lowest BCUT2D eigenvalue weighted by molar-refractivity contribution is -0.143. The molecule has 1 aromatic carbocycles. The van der Waals surface area contributed by atoms with Crippen molar-refractivity contribution in [1.29, 1.82) is 0 Å². The van der Waals surface area contributed by atoms with Gasteiger partial charge in [0.05, 0.1) is 23.4 Å². The molecular weight excluding hydrogens is 526 g/mol. The lowest BCUT2D eigenvalue weighted by Gasteiger charge is -2.20. The normalized spacial score (nSPS) is 13.1. The van der Waals surface area contributed by atoms with Gasteiger partial charge in [-0.15, -0.1) is 5.10 Å². The molecule has 0 bridgehead atoms. The van der Waals surface area contributed by atoms with Crippen LogP contribution in [0, 0.1) is 6.92 Å². The Bertz CT molecular complexity index is 1280. The van der Waals surface area contributed by atoms with Crippen molar-refractivity contribution < 1.29 is 35.9 Å². The third kappa shape index (κ3) is 6.26. The highest BCUT2D eigenvalue weighted by Crippen LogP contribution is 2.36. The average molecular weight is 549 g/mol. The number of amides is 2. The molecule has 200 valence electrons. The first-order chi connectivity index (χ1) is 17.0. The zero-order chi connectivity index (χ0) is 27.9. The molecule has 8 nitrogen and oxygen atoms in total. The number of benzene rings is 1. The number of carbonyl (C=O) groups excluding carboxylic acids is 2. The molecule has 0 unspecified atom stereocenters. The Morgan fingerprint density at radius 1 is 1.03 bits per heavy atom. The zero-order valence-corrected chi connectivity index (χ0v) is 21.0. The number of nitrogens with zero attached hydrogens (tertiary/aromatic N) is 5. The highest BCUT2D eigenvalue weighted by molar-refractivity contribution is 7.16. The van der Waals surface area contributed by atoms with E-state index in [0.717, 1.165) is 11.3 Å². The molecule has 3 rings (SSSR count). The minimum Gasteiger partial charge on any atom is -0.342 e. The van der Waals surface area contributed by atoms with Crippen molar-refractivity contribution in [2.24, 2.45) is 0 Å². The number of nitrogens with one attached hydrogen (secondary N) is 1. The second-order valence-electron chi connectivity index (χ2n) is 8.44. The Kier molecular flexibility index (Phi) is 7.67. The highest BCUT2D eigenvalue weighted by atomic mass is 32.1. The van der Waals surface area contributed by atoms with Crippen molar-refractivity contribution in [3.05, 3.63) is 57.6 Å². The summed E-state index contributed by atoms with van der Waals surface area (Å²) in [5.74, 6) is -1.08. The quantitative estimate of drug-likeness (QED) is 0.436. The topological polar surface area (TPSA) is 93.0 Å². The molecule has 1 N–H and O–H groups in total. The second-order valence-corrected chi connectivity index (χ2v) is 9.44. The zero-order valence-electron chi connectivity index (χ0n) is 20.2. The van der Waals surface area contributed by atoms with Crippen molar-refractivity contribution in [2.45, 2.75) is 52.1 Å². The van der Waals surface area contributed by atoms with Crippen LogP contribution in [0.25, 0.3) is 5.13 Å². The Hall–Kier alpha value is -3.49. The van der Waals surface area contributed by atoms with E-state index in [-0.39, 0.29) is 34.8 Å². The van der Waals surface area contributed by atoms with E-state index in [4.69, 9.17) is 0 Å². The van der Waals surface area contributed by atoms with Gasteiger partial charge in [0.15, 0.2) is 5.82 Å². The van der Waals surface area contributed by atoms with Crippen LogP contribution in [0.2, 0.25) is 0 Å². The van der Waals surface area contributed by atoms with Gasteiger partial charge in [0.25, 0.3) is 11.8 Å². The Balaban J connectivity index is 1.91. The Morgan fingerprint density at radius 3 is 2.11 bits per heavy atom. The van der Waals surface area contributed by atoms with Gasteiger partial charge in [0.2, 0.25) is 5.13 Å². The van der Waals surface area contributed by atoms with Gasteiger partial charge in [0.1, 0.15) is 10.7 Å². The standard InChI is InChI=1S/C22H22F6N6O2S/c1-10(2)33(5)19(36)16-9-29-20(37-16)34-17(31-12(4)32-34)11(3)30-18(35)13-6-14(21(23,24)25)8-15(7-13)22(26,27)28/h6-11H,1-5H3,(H,30,35)/t11-/m0/s1. The van der Waals surface area contributed by atoms with Crippen molar-refractivity contribution in [3.8, 4) is 5.13 Å². The van der Waals surface area contributed by atoms with E-state index in [1.54, 1.807) is 14.0 Å². The summed E-state index contributed by atoms with van der Waals surface area (Å²) in [5, 5.41) is 6.80. The van der Waals surface area contributed by atoms with E-state index in [2.05, 4.69) is 20.4 Å². The fourth-order valence-electron chi connectivity index (χ4n) is 3.15. The maximum atomic E-state index is 13.2. The first-order valence-corrected chi connectivity index (χ1v) is 11.6. The number of halogens is 6. The summed E-state index contributed by atoms with van der Waals surface area (Å²) in [5.41, 5.74) is -4.04. The molecule has 0 spiro atoms. The molecule has 1 atom stereocenters. The van der Waals surface area contributed by atoms with Crippen LogP contribution in [0.4, 0.5) is 26.3 Å². The fourth-order valence-corrected chi connectivity index (χ4v) is 4.01. The van der Waals surface area contributed by atoms with Crippen LogP contribution in [-0.2, 0) is 12.4 Å². The molecule has 3 aromatic rings. The Labute approximate surface area is 211 Å². The molecule has 2 heterocycles. The monoisotopic (exact) mass is 548 g/mol. The number of carbonyl (C=O) groups is 2. The molecule has 0 aliphatic heterocycles. The van der Waals surface area contributed by atoms with Gasteiger partial charge in [-0.05, 0) is 45.9 Å². The van der Waals surface area contributed by atoms with Crippen LogP contribution in [0.5, 0.6) is 0 Å². The van der Waals surface area contributed by atoms with Crippen molar-refractivity contribution in [3.63, 3.8) is 0 Å². The first-order valence-electron chi connectivity index (χ1n) is 10.8. The number of hydrogen-bond donors (Lipinski definition) is 1. The van der Waals surface area contributed by atoms with Crippen LogP contribution in [0.15, 0.2) is 24.4 Å². The summed E-state index contributed by atoms with van der Waals surface area (Å²) in [6.07, 6.45) is -8.84. The van der Waals surface area contributed by atoms with Crippen LogP contribution < -0.4 is 5.32 Å². The van der Waals surface area contributed by atoms with Gasteiger partial charge in [-0.25, -0.2) is 9.97 Å².